The molecule has 0 spiro atoms. The summed E-state index contributed by atoms with van der Waals surface area (Å²) in [7, 11) is 1.83. The minimum Gasteiger partial charge on any atom is -0.461 e. The van der Waals surface area contributed by atoms with E-state index in [0.717, 1.165) is 29.7 Å². The highest BCUT2D eigenvalue weighted by molar-refractivity contribution is 6.03. The molecule has 92 valence electrons. The number of hydrogen-bond donors (Lipinski definition) is 0. The van der Waals surface area contributed by atoms with Crippen LogP contribution in [0.4, 0.5) is 0 Å². The van der Waals surface area contributed by atoms with Gasteiger partial charge in [0.15, 0.2) is 5.78 Å². The zero-order valence-corrected chi connectivity index (χ0v) is 10.5. The molecule has 0 saturated heterocycles. The molecule has 0 bridgehead atoms. The summed E-state index contributed by atoms with van der Waals surface area (Å²) < 4.78 is 6.85. The van der Waals surface area contributed by atoms with E-state index in [1.54, 1.807) is 6.92 Å². The summed E-state index contributed by atoms with van der Waals surface area (Å²) in [5.74, 6) is -0.190. The molecular weight excluding hydrogens is 218 g/mol. The van der Waals surface area contributed by atoms with Crippen LogP contribution in [0.5, 0.6) is 0 Å². The molecule has 1 aromatic rings. The molecule has 0 N–H and O–H groups in total. The van der Waals surface area contributed by atoms with Crippen LogP contribution in [0.15, 0.2) is 0 Å². The number of esters is 1. The van der Waals surface area contributed by atoms with Crippen LogP contribution < -0.4 is 0 Å². The van der Waals surface area contributed by atoms with Gasteiger partial charge < -0.3 is 9.30 Å². The van der Waals surface area contributed by atoms with Gasteiger partial charge in [-0.05, 0) is 32.3 Å². The number of carbonyl (C=O) groups excluding carboxylic acids is 2. The standard InChI is InChI=1S/C13H17NO3/c1-4-17-13(16)12-8(2)11-9(14(12)3)6-5-7-10(11)15/h4-7H2,1-3H3. The maximum atomic E-state index is 11.9. The Hall–Kier alpha value is -1.58. The molecule has 0 aromatic carbocycles. The zero-order chi connectivity index (χ0) is 12.6. The Morgan fingerprint density at radius 2 is 2.12 bits per heavy atom. The second-order valence-electron chi connectivity index (χ2n) is 4.35. The molecule has 0 saturated carbocycles. The van der Waals surface area contributed by atoms with Gasteiger partial charge >= 0.3 is 5.97 Å². The van der Waals surface area contributed by atoms with Gasteiger partial charge in [0.25, 0.3) is 0 Å². The van der Waals surface area contributed by atoms with Crippen molar-refractivity contribution in [2.24, 2.45) is 7.05 Å². The summed E-state index contributed by atoms with van der Waals surface area (Å²) in [6.45, 7) is 3.96. The van der Waals surface area contributed by atoms with Gasteiger partial charge in [0.2, 0.25) is 0 Å². The second kappa shape index (κ2) is 4.35. The molecule has 0 amide bonds. The Balaban J connectivity index is 2.55. The van der Waals surface area contributed by atoms with E-state index in [0.29, 0.717) is 18.7 Å². The smallest absolute Gasteiger partial charge is 0.355 e. The van der Waals surface area contributed by atoms with Crippen molar-refractivity contribution in [3.8, 4) is 0 Å². The van der Waals surface area contributed by atoms with Crippen molar-refractivity contribution in [3.05, 3.63) is 22.5 Å². The van der Waals surface area contributed by atoms with Gasteiger partial charge in [-0.25, -0.2) is 4.79 Å². The summed E-state index contributed by atoms with van der Waals surface area (Å²) >= 11 is 0. The first-order valence-corrected chi connectivity index (χ1v) is 5.96. The van der Waals surface area contributed by atoms with Crippen LogP contribution >= 0.6 is 0 Å². The van der Waals surface area contributed by atoms with Crippen LogP contribution in [0.2, 0.25) is 0 Å². The minimum absolute atomic E-state index is 0.148. The number of aromatic nitrogens is 1. The van der Waals surface area contributed by atoms with Gasteiger partial charge in [0, 0.05) is 24.7 Å². The average Bonchev–Trinajstić information content (AvgIpc) is 2.53. The van der Waals surface area contributed by atoms with Crippen LogP contribution in [0.1, 0.15) is 51.9 Å². The molecule has 2 rings (SSSR count). The lowest BCUT2D eigenvalue weighted by atomic mass is 9.94. The summed E-state index contributed by atoms with van der Waals surface area (Å²) in [4.78, 5) is 23.7. The van der Waals surface area contributed by atoms with E-state index >= 15 is 0 Å². The summed E-state index contributed by atoms with van der Waals surface area (Å²) in [6, 6.07) is 0. The quantitative estimate of drug-likeness (QED) is 0.737. The lowest BCUT2D eigenvalue weighted by Crippen LogP contribution is -2.13. The lowest BCUT2D eigenvalue weighted by Gasteiger charge is -2.12. The number of ketones is 1. The molecule has 0 unspecified atom stereocenters. The maximum Gasteiger partial charge on any atom is 0.355 e. The fourth-order valence-corrected chi connectivity index (χ4v) is 2.58. The number of Topliss-reactive ketones (excluding diaryl/α,β-unsaturated/α-hetero) is 1. The Labute approximate surface area is 101 Å². The van der Waals surface area contributed by atoms with Crippen LogP contribution in [0.3, 0.4) is 0 Å². The van der Waals surface area contributed by atoms with Crippen LogP contribution in [0.25, 0.3) is 0 Å². The van der Waals surface area contributed by atoms with Crippen molar-refractivity contribution in [2.75, 3.05) is 6.61 Å². The Morgan fingerprint density at radius 1 is 1.41 bits per heavy atom. The van der Waals surface area contributed by atoms with Crippen LogP contribution in [-0.2, 0) is 18.2 Å². The Kier molecular flexibility index (Phi) is 3.05. The fraction of sp³-hybridized carbons (Fsp3) is 0.538. The van der Waals surface area contributed by atoms with Crippen molar-refractivity contribution < 1.29 is 14.3 Å². The third kappa shape index (κ3) is 1.77. The number of ether oxygens (including phenoxy) is 1. The van der Waals surface area contributed by atoms with Gasteiger partial charge in [-0.2, -0.15) is 0 Å². The molecule has 4 nitrogen and oxygen atoms in total. The van der Waals surface area contributed by atoms with E-state index in [2.05, 4.69) is 0 Å². The number of hydrogen-bond acceptors (Lipinski definition) is 3. The van der Waals surface area contributed by atoms with Crippen molar-refractivity contribution in [1.29, 1.82) is 0 Å². The monoisotopic (exact) mass is 235 g/mol. The van der Waals surface area contributed by atoms with E-state index in [4.69, 9.17) is 4.74 Å². The first-order chi connectivity index (χ1) is 8.07. The summed E-state index contributed by atoms with van der Waals surface area (Å²) in [5.41, 5.74) is 3.00. The van der Waals surface area contributed by atoms with Gasteiger partial charge in [0.05, 0.1) is 6.61 Å². The molecule has 0 radical (unpaired) electrons. The van der Waals surface area contributed by atoms with Gasteiger partial charge in [-0.3, -0.25) is 4.79 Å². The van der Waals surface area contributed by atoms with Crippen molar-refractivity contribution >= 4 is 11.8 Å². The highest BCUT2D eigenvalue weighted by atomic mass is 16.5. The van der Waals surface area contributed by atoms with Crippen LogP contribution in [-0.4, -0.2) is 22.9 Å². The SMILES string of the molecule is CCOC(=O)c1c(C)c2c(n1C)CCCC2=O. The molecule has 1 aromatic heterocycles. The number of fused-ring (bicyclic) bond motifs is 1. The highest BCUT2D eigenvalue weighted by Gasteiger charge is 2.29. The third-order valence-electron chi connectivity index (χ3n) is 3.32. The molecule has 1 heterocycles. The number of carbonyl (C=O) groups is 2. The first kappa shape index (κ1) is 11.9. The Morgan fingerprint density at radius 3 is 2.71 bits per heavy atom. The fourth-order valence-electron chi connectivity index (χ4n) is 2.58. The topological polar surface area (TPSA) is 48.3 Å². The molecule has 1 aliphatic carbocycles. The van der Waals surface area contributed by atoms with Crippen molar-refractivity contribution in [3.63, 3.8) is 0 Å². The molecule has 0 aliphatic heterocycles. The van der Waals surface area contributed by atoms with Gasteiger partial charge in [-0.15, -0.1) is 0 Å². The Bertz CT molecular complexity index is 485. The second-order valence-corrected chi connectivity index (χ2v) is 4.35. The average molecular weight is 235 g/mol. The third-order valence-corrected chi connectivity index (χ3v) is 3.32. The predicted molar refractivity (Wildman–Crippen MR) is 63.4 cm³/mol. The van der Waals surface area contributed by atoms with E-state index in [1.165, 1.54) is 0 Å². The molecule has 1 aliphatic rings. The van der Waals surface area contributed by atoms with Crippen molar-refractivity contribution in [1.82, 2.24) is 4.57 Å². The molecule has 4 heteroatoms. The molecule has 17 heavy (non-hydrogen) atoms. The predicted octanol–water partition coefficient (Wildman–Crippen LogP) is 2.03. The molecule has 0 fully saturated rings. The summed E-state index contributed by atoms with van der Waals surface area (Å²) in [5, 5.41) is 0. The minimum atomic E-state index is -0.338. The molecular formula is C13H17NO3. The largest absolute Gasteiger partial charge is 0.461 e. The maximum absolute atomic E-state index is 11.9. The highest BCUT2D eigenvalue weighted by Crippen LogP contribution is 2.29. The lowest BCUT2D eigenvalue weighted by molar-refractivity contribution is 0.0514. The van der Waals surface area contributed by atoms with E-state index in [1.807, 2.05) is 18.5 Å². The first-order valence-electron chi connectivity index (χ1n) is 5.96. The number of nitrogens with zero attached hydrogens (tertiary/aromatic N) is 1. The number of rotatable bonds is 2. The molecule has 0 atom stereocenters. The van der Waals surface area contributed by atoms with E-state index < -0.39 is 0 Å². The summed E-state index contributed by atoms with van der Waals surface area (Å²) in [6.07, 6.45) is 2.31. The van der Waals surface area contributed by atoms with Gasteiger partial charge in [0.1, 0.15) is 5.69 Å². The van der Waals surface area contributed by atoms with E-state index in [9.17, 15) is 9.59 Å². The normalized spacial score (nSPS) is 14.6. The van der Waals surface area contributed by atoms with E-state index in [-0.39, 0.29) is 11.8 Å². The van der Waals surface area contributed by atoms with Crippen molar-refractivity contribution in [2.45, 2.75) is 33.1 Å². The van der Waals surface area contributed by atoms with Crippen LogP contribution in [0, 0.1) is 6.92 Å². The van der Waals surface area contributed by atoms with Gasteiger partial charge in [-0.1, -0.05) is 0 Å². The zero-order valence-electron chi connectivity index (χ0n) is 10.5.